The van der Waals surface area contributed by atoms with E-state index in [-0.39, 0.29) is 0 Å². The Hall–Kier alpha value is -4.70. The van der Waals surface area contributed by atoms with Gasteiger partial charge in [-0.3, -0.25) is 0 Å². The number of nitrogen functional groups attached to an aromatic ring is 1. The van der Waals surface area contributed by atoms with Crippen molar-refractivity contribution >= 4 is 28.4 Å². The minimum absolute atomic E-state index is 0.757. The Morgan fingerprint density at radius 3 is 1.76 bits per heavy atom. The molecule has 4 nitrogen and oxygen atoms in total. The lowest BCUT2D eigenvalue weighted by Crippen LogP contribution is -1.96. The molecule has 0 bridgehead atoms. The van der Waals surface area contributed by atoms with E-state index in [9.17, 15) is 0 Å². The molecule has 0 saturated carbocycles. The molecule has 5 aromatic carbocycles. The van der Waals surface area contributed by atoms with Gasteiger partial charge >= 0.3 is 0 Å². The monoisotopic (exact) mass is 443 g/mol. The fourth-order valence-electron chi connectivity index (χ4n) is 3.73. The van der Waals surface area contributed by atoms with Crippen molar-refractivity contribution in [2.45, 2.75) is 0 Å². The molecule has 0 amide bonds. The summed E-state index contributed by atoms with van der Waals surface area (Å²) in [6, 6.07) is 42.1. The fourth-order valence-corrected chi connectivity index (χ4v) is 3.73. The summed E-state index contributed by atoms with van der Waals surface area (Å²) in [4.78, 5) is 0. The SMILES string of the molecule is Nc1ccc(-c2ccccc2Nc2ccc(Nc3ccccc3Oc3ccccc3)cc2)cc1. The normalized spacial score (nSPS) is 10.5. The van der Waals surface area contributed by atoms with Crippen molar-refractivity contribution in [3.8, 4) is 22.6 Å². The number of hydrogen-bond acceptors (Lipinski definition) is 4. The van der Waals surface area contributed by atoms with Gasteiger partial charge in [0.25, 0.3) is 0 Å². The zero-order valence-electron chi connectivity index (χ0n) is 18.6. The van der Waals surface area contributed by atoms with E-state index >= 15 is 0 Å². The lowest BCUT2D eigenvalue weighted by atomic mass is 10.0. The van der Waals surface area contributed by atoms with Gasteiger partial charge in [0.2, 0.25) is 0 Å². The molecule has 5 aromatic rings. The average Bonchev–Trinajstić information content (AvgIpc) is 2.88. The van der Waals surface area contributed by atoms with Gasteiger partial charge in [0.05, 0.1) is 5.69 Å². The number of ether oxygens (including phenoxy) is 1. The summed E-state index contributed by atoms with van der Waals surface area (Å²) < 4.78 is 6.06. The predicted molar refractivity (Wildman–Crippen MR) is 142 cm³/mol. The number of hydrogen-bond donors (Lipinski definition) is 3. The maximum Gasteiger partial charge on any atom is 0.150 e. The first-order valence-electron chi connectivity index (χ1n) is 11.2. The van der Waals surface area contributed by atoms with Crippen LogP contribution in [0.15, 0.2) is 127 Å². The van der Waals surface area contributed by atoms with Gasteiger partial charge in [-0.1, -0.05) is 60.7 Å². The van der Waals surface area contributed by atoms with Crippen LogP contribution in [-0.2, 0) is 0 Å². The maximum absolute atomic E-state index is 6.06. The highest BCUT2D eigenvalue weighted by atomic mass is 16.5. The van der Waals surface area contributed by atoms with Gasteiger partial charge in [0, 0.05) is 28.3 Å². The highest BCUT2D eigenvalue weighted by Crippen LogP contribution is 2.33. The van der Waals surface area contributed by atoms with Gasteiger partial charge in [0.15, 0.2) is 5.75 Å². The molecule has 4 heteroatoms. The molecule has 0 aliphatic heterocycles. The number of anilines is 5. The van der Waals surface area contributed by atoms with Gasteiger partial charge in [-0.2, -0.15) is 0 Å². The minimum Gasteiger partial charge on any atom is -0.455 e. The van der Waals surface area contributed by atoms with Crippen LogP contribution in [0.5, 0.6) is 11.5 Å². The van der Waals surface area contributed by atoms with Gasteiger partial charge < -0.3 is 21.1 Å². The first-order chi connectivity index (χ1) is 16.7. The Labute approximate surface area is 199 Å². The van der Waals surface area contributed by atoms with E-state index < -0.39 is 0 Å². The second-order valence-electron chi connectivity index (χ2n) is 7.91. The van der Waals surface area contributed by atoms with Gasteiger partial charge in [-0.05, 0) is 72.3 Å². The molecule has 0 aromatic heterocycles. The number of para-hydroxylation sites is 4. The van der Waals surface area contributed by atoms with Crippen molar-refractivity contribution in [1.82, 2.24) is 0 Å². The second kappa shape index (κ2) is 9.84. The number of nitrogens with one attached hydrogen (secondary N) is 2. The van der Waals surface area contributed by atoms with Crippen molar-refractivity contribution in [1.29, 1.82) is 0 Å². The number of rotatable bonds is 7. The van der Waals surface area contributed by atoms with Crippen LogP contribution in [0.25, 0.3) is 11.1 Å². The van der Waals surface area contributed by atoms with Crippen LogP contribution in [0.4, 0.5) is 28.4 Å². The highest BCUT2D eigenvalue weighted by molar-refractivity contribution is 5.82. The van der Waals surface area contributed by atoms with Crippen LogP contribution in [-0.4, -0.2) is 0 Å². The summed E-state index contributed by atoms with van der Waals surface area (Å²) >= 11 is 0. The molecule has 166 valence electrons. The van der Waals surface area contributed by atoms with Crippen molar-refractivity contribution in [3.05, 3.63) is 127 Å². The predicted octanol–water partition coefficient (Wildman–Crippen LogP) is 8.22. The Bertz CT molecular complexity index is 1360. The van der Waals surface area contributed by atoms with E-state index in [1.165, 1.54) is 0 Å². The standard InChI is InChI=1S/C30H25N3O/c31-23-16-14-22(15-17-23)27-10-4-5-11-28(27)32-24-18-20-25(21-19-24)33-29-12-6-7-13-30(29)34-26-8-2-1-3-9-26/h1-21,32-33H,31H2. The van der Waals surface area contributed by atoms with Crippen molar-refractivity contribution in [2.75, 3.05) is 16.4 Å². The third-order valence-corrected chi connectivity index (χ3v) is 5.45. The molecule has 0 spiro atoms. The van der Waals surface area contributed by atoms with Crippen molar-refractivity contribution in [3.63, 3.8) is 0 Å². The lowest BCUT2D eigenvalue weighted by molar-refractivity contribution is 0.485. The Kier molecular flexibility index (Phi) is 6.12. The molecule has 0 saturated heterocycles. The largest absolute Gasteiger partial charge is 0.455 e. The molecule has 0 unspecified atom stereocenters. The molecule has 4 N–H and O–H groups in total. The fraction of sp³-hybridized carbons (Fsp3) is 0. The number of benzene rings is 5. The van der Waals surface area contributed by atoms with Crippen LogP contribution in [0.3, 0.4) is 0 Å². The molecule has 0 atom stereocenters. The zero-order chi connectivity index (χ0) is 23.2. The van der Waals surface area contributed by atoms with Gasteiger partial charge in [0.1, 0.15) is 5.75 Å². The smallest absolute Gasteiger partial charge is 0.150 e. The molecule has 5 rings (SSSR count). The molecule has 0 aliphatic carbocycles. The van der Waals surface area contributed by atoms with Crippen LogP contribution in [0, 0.1) is 0 Å². The maximum atomic E-state index is 6.06. The average molecular weight is 444 g/mol. The van der Waals surface area contributed by atoms with Gasteiger partial charge in [-0.15, -0.1) is 0 Å². The van der Waals surface area contributed by atoms with E-state index in [2.05, 4.69) is 34.9 Å². The Balaban J connectivity index is 1.32. The molecule has 0 heterocycles. The van der Waals surface area contributed by atoms with Crippen LogP contribution in [0.2, 0.25) is 0 Å². The summed E-state index contributed by atoms with van der Waals surface area (Å²) in [6.45, 7) is 0. The summed E-state index contributed by atoms with van der Waals surface area (Å²) in [5.41, 5.74) is 12.8. The topological polar surface area (TPSA) is 59.3 Å². The quantitative estimate of drug-likeness (QED) is 0.222. The Morgan fingerprint density at radius 1 is 0.500 bits per heavy atom. The second-order valence-corrected chi connectivity index (χ2v) is 7.91. The lowest BCUT2D eigenvalue weighted by Gasteiger charge is -2.15. The summed E-state index contributed by atoms with van der Waals surface area (Å²) in [6.07, 6.45) is 0. The van der Waals surface area contributed by atoms with E-state index in [0.717, 1.165) is 51.1 Å². The van der Waals surface area contributed by atoms with E-state index in [4.69, 9.17) is 10.5 Å². The zero-order valence-corrected chi connectivity index (χ0v) is 18.6. The third-order valence-electron chi connectivity index (χ3n) is 5.45. The van der Waals surface area contributed by atoms with E-state index in [1.807, 2.05) is 103 Å². The highest BCUT2D eigenvalue weighted by Gasteiger charge is 2.07. The molecule has 0 aliphatic rings. The summed E-state index contributed by atoms with van der Waals surface area (Å²) in [7, 11) is 0. The van der Waals surface area contributed by atoms with Crippen LogP contribution >= 0.6 is 0 Å². The minimum atomic E-state index is 0.757. The Morgan fingerprint density at radius 2 is 1.06 bits per heavy atom. The first kappa shape index (κ1) is 21.2. The molecular formula is C30H25N3O. The van der Waals surface area contributed by atoms with Crippen molar-refractivity contribution in [2.24, 2.45) is 0 Å². The number of nitrogens with two attached hydrogens (primary N) is 1. The molecular weight excluding hydrogens is 418 g/mol. The van der Waals surface area contributed by atoms with E-state index in [0.29, 0.717) is 0 Å². The summed E-state index contributed by atoms with van der Waals surface area (Å²) in [5.74, 6) is 1.57. The first-order valence-corrected chi connectivity index (χ1v) is 11.2. The third kappa shape index (κ3) is 5.03. The molecule has 34 heavy (non-hydrogen) atoms. The molecule has 0 radical (unpaired) electrons. The van der Waals surface area contributed by atoms with Crippen molar-refractivity contribution < 1.29 is 4.74 Å². The van der Waals surface area contributed by atoms with Crippen LogP contribution < -0.4 is 21.1 Å². The van der Waals surface area contributed by atoms with E-state index in [1.54, 1.807) is 0 Å². The molecule has 0 fully saturated rings. The van der Waals surface area contributed by atoms with Crippen LogP contribution in [0.1, 0.15) is 0 Å². The summed E-state index contributed by atoms with van der Waals surface area (Å²) in [5, 5.41) is 7.00. The van der Waals surface area contributed by atoms with Gasteiger partial charge in [-0.25, -0.2) is 0 Å².